The molecule has 1 aliphatic rings. The molecule has 19 heavy (non-hydrogen) atoms. The fourth-order valence-corrected chi connectivity index (χ4v) is 3.35. The molecule has 0 atom stereocenters. The number of ketones is 1. The highest BCUT2D eigenvalue weighted by Gasteiger charge is 2.18. The molecule has 0 aromatic heterocycles. The van der Waals surface area contributed by atoms with E-state index in [-0.39, 0.29) is 11.5 Å². The second-order valence-electron chi connectivity index (χ2n) is 4.58. The number of carbonyl (C=O) groups excluding carboxylic acids is 1. The van der Waals surface area contributed by atoms with Gasteiger partial charge in [-0.3, -0.25) is 4.79 Å². The summed E-state index contributed by atoms with van der Waals surface area (Å²) >= 11 is 7.67. The summed E-state index contributed by atoms with van der Waals surface area (Å²) in [7, 11) is 0. The first-order chi connectivity index (χ1) is 9.18. The van der Waals surface area contributed by atoms with Crippen LogP contribution in [-0.2, 0) is 4.79 Å². The average molecular weight is 297 g/mol. The maximum Gasteiger partial charge on any atom is 0.162 e. The van der Waals surface area contributed by atoms with E-state index >= 15 is 0 Å². The molecule has 1 fully saturated rings. The molecule has 1 saturated carbocycles. The smallest absolute Gasteiger partial charge is 0.162 e. The number of aliphatic hydroxyl groups excluding tert-OH is 1. The third-order valence-electron chi connectivity index (χ3n) is 3.20. The van der Waals surface area contributed by atoms with Gasteiger partial charge in [-0.25, -0.2) is 0 Å². The molecular weight excluding hydrogens is 280 g/mol. The predicted molar refractivity (Wildman–Crippen MR) is 79.9 cm³/mol. The van der Waals surface area contributed by atoms with Crippen LogP contribution in [-0.4, -0.2) is 16.6 Å². The van der Waals surface area contributed by atoms with Crippen LogP contribution in [0.25, 0.3) is 0 Å². The molecule has 0 bridgehead atoms. The second kappa shape index (κ2) is 7.01. The van der Waals surface area contributed by atoms with Crippen molar-refractivity contribution in [3.8, 4) is 0 Å². The van der Waals surface area contributed by atoms with Gasteiger partial charge in [-0.05, 0) is 31.4 Å². The molecule has 2 nitrogen and oxygen atoms in total. The highest BCUT2D eigenvalue weighted by molar-refractivity contribution is 7.99. The third kappa shape index (κ3) is 4.02. The number of carbonyl (C=O) groups is 1. The maximum atomic E-state index is 11.7. The molecule has 102 valence electrons. The standard InChI is InChI=1S/C15H17ClO2S/c16-12-6-2-4-8-15(12)19-10-9-14(18)11-5-1-3-7-13(11)17/h2,4,6,8,18H,1,3,5,7,9-10H2/b14-11+. The molecule has 1 aromatic carbocycles. The summed E-state index contributed by atoms with van der Waals surface area (Å²) in [5.74, 6) is 1.11. The molecule has 0 amide bonds. The zero-order chi connectivity index (χ0) is 13.7. The van der Waals surface area contributed by atoms with E-state index in [1.165, 1.54) is 0 Å². The predicted octanol–water partition coefficient (Wildman–Crippen LogP) is 4.78. The van der Waals surface area contributed by atoms with Crippen LogP contribution in [0.4, 0.5) is 0 Å². The molecule has 1 N–H and O–H groups in total. The Kier molecular flexibility index (Phi) is 5.34. The van der Waals surface area contributed by atoms with E-state index in [1.54, 1.807) is 11.8 Å². The van der Waals surface area contributed by atoms with Gasteiger partial charge in [0, 0.05) is 29.1 Å². The normalized spacial score (nSPS) is 18.5. The van der Waals surface area contributed by atoms with Gasteiger partial charge in [0.25, 0.3) is 0 Å². The van der Waals surface area contributed by atoms with Crippen LogP contribution in [0.2, 0.25) is 5.02 Å². The van der Waals surface area contributed by atoms with Gasteiger partial charge in [0.1, 0.15) is 0 Å². The fraction of sp³-hybridized carbons (Fsp3) is 0.400. The van der Waals surface area contributed by atoms with Crippen LogP contribution < -0.4 is 0 Å². The van der Waals surface area contributed by atoms with E-state index < -0.39 is 0 Å². The molecular formula is C15H17ClO2S. The topological polar surface area (TPSA) is 37.3 Å². The first-order valence-corrected chi connectivity index (χ1v) is 7.86. The first-order valence-electron chi connectivity index (χ1n) is 6.50. The minimum absolute atomic E-state index is 0.117. The zero-order valence-corrected chi connectivity index (χ0v) is 12.3. The van der Waals surface area contributed by atoms with Gasteiger partial charge in [0.05, 0.1) is 10.8 Å². The SMILES string of the molecule is O=C1CCCC/C1=C(\O)CCSc1ccccc1Cl. The van der Waals surface area contributed by atoms with Gasteiger partial charge < -0.3 is 5.11 Å². The Balaban J connectivity index is 1.90. The fourth-order valence-electron chi connectivity index (χ4n) is 2.15. The molecule has 0 saturated heterocycles. The van der Waals surface area contributed by atoms with Crippen molar-refractivity contribution >= 4 is 29.1 Å². The number of thioether (sulfide) groups is 1. The van der Waals surface area contributed by atoms with Crippen LogP contribution in [0.5, 0.6) is 0 Å². The summed E-state index contributed by atoms with van der Waals surface area (Å²) < 4.78 is 0. The molecule has 1 aromatic rings. The largest absolute Gasteiger partial charge is 0.512 e. The van der Waals surface area contributed by atoms with Gasteiger partial charge in [-0.2, -0.15) is 0 Å². The minimum atomic E-state index is 0.117. The molecule has 0 spiro atoms. The van der Waals surface area contributed by atoms with E-state index in [9.17, 15) is 9.90 Å². The summed E-state index contributed by atoms with van der Waals surface area (Å²) in [5.41, 5.74) is 0.644. The number of hydrogen-bond acceptors (Lipinski definition) is 3. The van der Waals surface area contributed by atoms with Crippen LogP contribution in [0.1, 0.15) is 32.1 Å². The lowest BCUT2D eigenvalue weighted by atomic mass is 9.92. The summed E-state index contributed by atoms with van der Waals surface area (Å²) in [6.07, 6.45) is 3.78. The lowest BCUT2D eigenvalue weighted by Crippen LogP contribution is -2.11. The molecule has 4 heteroatoms. The Hall–Kier alpha value is -0.930. The van der Waals surface area contributed by atoms with E-state index in [1.807, 2.05) is 24.3 Å². The zero-order valence-electron chi connectivity index (χ0n) is 10.7. The van der Waals surface area contributed by atoms with Crippen LogP contribution >= 0.6 is 23.4 Å². The number of halogens is 1. The first kappa shape index (κ1) is 14.5. The number of rotatable bonds is 4. The highest BCUT2D eigenvalue weighted by Crippen LogP contribution is 2.29. The molecule has 0 heterocycles. The monoisotopic (exact) mass is 296 g/mol. The van der Waals surface area contributed by atoms with Gasteiger partial charge in [-0.1, -0.05) is 23.7 Å². The van der Waals surface area contributed by atoms with Gasteiger partial charge >= 0.3 is 0 Å². The minimum Gasteiger partial charge on any atom is -0.512 e. The Morgan fingerprint density at radius 2 is 2.00 bits per heavy atom. The Morgan fingerprint density at radius 3 is 2.74 bits per heavy atom. The molecule has 2 rings (SSSR count). The quantitative estimate of drug-likeness (QED) is 0.494. The number of Topliss-reactive ketones (excluding diaryl/α,β-unsaturated/α-hetero) is 1. The summed E-state index contributed by atoms with van der Waals surface area (Å²) in [6, 6.07) is 7.65. The molecule has 0 unspecified atom stereocenters. The summed E-state index contributed by atoms with van der Waals surface area (Å²) in [6.45, 7) is 0. The van der Waals surface area contributed by atoms with Crippen molar-refractivity contribution in [2.45, 2.75) is 37.0 Å². The van der Waals surface area contributed by atoms with Crippen molar-refractivity contribution in [2.24, 2.45) is 0 Å². The van der Waals surface area contributed by atoms with Crippen molar-refractivity contribution in [2.75, 3.05) is 5.75 Å². The Labute approximate surface area is 122 Å². The van der Waals surface area contributed by atoms with Crippen LogP contribution in [0, 0.1) is 0 Å². The van der Waals surface area contributed by atoms with Crippen molar-refractivity contribution in [1.82, 2.24) is 0 Å². The number of benzene rings is 1. The highest BCUT2D eigenvalue weighted by atomic mass is 35.5. The number of aliphatic hydroxyl groups is 1. The average Bonchev–Trinajstić information content (AvgIpc) is 2.41. The van der Waals surface area contributed by atoms with Crippen molar-refractivity contribution in [1.29, 1.82) is 0 Å². The molecule has 1 aliphatic carbocycles. The van der Waals surface area contributed by atoms with E-state index in [0.29, 0.717) is 18.4 Å². The van der Waals surface area contributed by atoms with Crippen molar-refractivity contribution in [3.05, 3.63) is 40.6 Å². The van der Waals surface area contributed by atoms with E-state index in [0.717, 1.165) is 34.9 Å². The number of hydrogen-bond donors (Lipinski definition) is 1. The molecule has 0 radical (unpaired) electrons. The van der Waals surface area contributed by atoms with Crippen LogP contribution in [0.15, 0.2) is 40.5 Å². The lowest BCUT2D eigenvalue weighted by molar-refractivity contribution is -0.116. The molecule has 0 aliphatic heterocycles. The van der Waals surface area contributed by atoms with E-state index in [4.69, 9.17) is 11.6 Å². The number of allylic oxidation sites excluding steroid dienone is 2. The second-order valence-corrected chi connectivity index (χ2v) is 6.13. The van der Waals surface area contributed by atoms with Gasteiger partial charge in [0.15, 0.2) is 5.78 Å². The third-order valence-corrected chi connectivity index (χ3v) is 4.72. The lowest BCUT2D eigenvalue weighted by Gasteiger charge is -2.14. The summed E-state index contributed by atoms with van der Waals surface area (Å²) in [5, 5.41) is 10.7. The summed E-state index contributed by atoms with van der Waals surface area (Å²) in [4.78, 5) is 12.7. The van der Waals surface area contributed by atoms with Crippen molar-refractivity contribution in [3.63, 3.8) is 0 Å². The Bertz CT molecular complexity index is 497. The van der Waals surface area contributed by atoms with Crippen molar-refractivity contribution < 1.29 is 9.90 Å². The van der Waals surface area contributed by atoms with Crippen LogP contribution in [0.3, 0.4) is 0 Å². The maximum absolute atomic E-state index is 11.7. The van der Waals surface area contributed by atoms with Gasteiger partial charge in [0.2, 0.25) is 0 Å². The van der Waals surface area contributed by atoms with E-state index in [2.05, 4.69) is 0 Å². The van der Waals surface area contributed by atoms with Gasteiger partial charge in [-0.15, -0.1) is 11.8 Å². The Morgan fingerprint density at radius 1 is 1.26 bits per heavy atom.